The van der Waals surface area contributed by atoms with Crippen molar-refractivity contribution in [2.24, 2.45) is 4.99 Å². The van der Waals surface area contributed by atoms with E-state index in [9.17, 15) is 0 Å². The molecule has 0 aromatic heterocycles. The minimum Gasteiger partial charge on any atom is -0.476 e. The molecule has 0 amide bonds. The molecule has 2 N–H and O–H groups in total. The third-order valence-electron chi connectivity index (χ3n) is 1.85. The smallest absolute Gasteiger partial charge is 0.216 e. The molecule has 1 aromatic rings. The van der Waals surface area contributed by atoms with Crippen LogP contribution in [0.25, 0.3) is 0 Å². The molecule has 0 radical (unpaired) electrons. The van der Waals surface area contributed by atoms with E-state index in [1.807, 2.05) is 12.1 Å². The van der Waals surface area contributed by atoms with Gasteiger partial charge in [-0.3, -0.25) is 10.7 Å². The van der Waals surface area contributed by atoms with Crippen LogP contribution in [0.15, 0.2) is 29.3 Å². The van der Waals surface area contributed by atoms with Crippen molar-refractivity contribution in [1.82, 2.24) is 0 Å². The van der Waals surface area contributed by atoms with Crippen LogP contribution in [0.4, 0.5) is 5.69 Å². The second-order valence-corrected chi connectivity index (χ2v) is 2.72. The number of aliphatic imine (C=N–C) groups is 1. The van der Waals surface area contributed by atoms with Crippen LogP contribution in [0.3, 0.4) is 0 Å². The topological polar surface area (TPSA) is 53.8 Å². The molecule has 0 spiro atoms. The average Bonchev–Trinajstić information content (AvgIpc) is 2.71. The lowest BCUT2D eigenvalue weighted by molar-refractivity contribution is 0.348. The monoisotopic (exact) mass is 178 g/mol. The van der Waals surface area contributed by atoms with E-state index in [4.69, 9.17) is 9.94 Å². The van der Waals surface area contributed by atoms with Gasteiger partial charge in [0.15, 0.2) is 0 Å². The quantitative estimate of drug-likeness (QED) is 0.670. The van der Waals surface area contributed by atoms with E-state index in [0.29, 0.717) is 18.2 Å². The molecule has 0 bridgehead atoms. The summed E-state index contributed by atoms with van der Waals surface area (Å²) in [5.74, 6) is 0.685. The molecule has 1 aliphatic heterocycles. The van der Waals surface area contributed by atoms with E-state index in [1.54, 1.807) is 12.1 Å². The van der Waals surface area contributed by atoms with Crippen LogP contribution in [-0.2, 0) is 4.74 Å². The molecule has 1 heterocycles. The van der Waals surface area contributed by atoms with Crippen molar-refractivity contribution in [3.8, 4) is 0 Å². The molecule has 1 aromatic carbocycles. The van der Waals surface area contributed by atoms with Crippen LogP contribution >= 0.6 is 0 Å². The van der Waals surface area contributed by atoms with Gasteiger partial charge >= 0.3 is 0 Å². The van der Waals surface area contributed by atoms with Crippen molar-refractivity contribution in [3.63, 3.8) is 0 Å². The third-order valence-corrected chi connectivity index (χ3v) is 1.85. The van der Waals surface area contributed by atoms with E-state index in [0.717, 1.165) is 12.1 Å². The maximum absolute atomic E-state index is 8.58. The Hall–Kier alpha value is -1.55. The van der Waals surface area contributed by atoms with Crippen molar-refractivity contribution >= 4 is 11.6 Å². The van der Waals surface area contributed by atoms with Gasteiger partial charge in [-0.15, -0.1) is 0 Å². The normalized spacial score (nSPS) is 15.0. The molecule has 4 heteroatoms. The summed E-state index contributed by atoms with van der Waals surface area (Å²) >= 11 is 0. The summed E-state index contributed by atoms with van der Waals surface area (Å²) in [6.45, 7) is 1.39. The summed E-state index contributed by atoms with van der Waals surface area (Å²) in [7, 11) is 0. The van der Waals surface area contributed by atoms with Gasteiger partial charge in [0.1, 0.15) is 6.61 Å². The molecule has 68 valence electrons. The van der Waals surface area contributed by atoms with E-state index in [2.05, 4.69) is 10.5 Å². The van der Waals surface area contributed by atoms with Gasteiger partial charge < -0.3 is 4.74 Å². The molecule has 0 atom stereocenters. The average molecular weight is 178 g/mol. The van der Waals surface area contributed by atoms with E-state index >= 15 is 0 Å². The maximum Gasteiger partial charge on any atom is 0.216 e. The predicted molar refractivity (Wildman–Crippen MR) is 49.2 cm³/mol. The van der Waals surface area contributed by atoms with Gasteiger partial charge in [0.2, 0.25) is 5.90 Å². The summed E-state index contributed by atoms with van der Waals surface area (Å²) in [6, 6.07) is 7.23. The summed E-state index contributed by atoms with van der Waals surface area (Å²) in [5, 5.41) is 8.58. The fourth-order valence-electron chi connectivity index (χ4n) is 1.20. The molecular weight excluding hydrogens is 168 g/mol. The first-order chi connectivity index (χ1) is 6.40. The van der Waals surface area contributed by atoms with E-state index in [-0.39, 0.29) is 0 Å². The number of rotatable bonds is 2. The zero-order valence-electron chi connectivity index (χ0n) is 7.03. The Morgan fingerprint density at radius 2 is 2.08 bits per heavy atom. The molecule has 1 aliphatic rings. The minimum absolute atomic E-state index is 0.655. The zero-order chi connectivity index (χ0) is 9.10. The van der Waals surface area contributed by atoms with Crippen LogP contribution in [0.5, 0.6) is 0 Å². The highest BCUT2D eigenvalue weighted by Crippen LogP contribution is 2.11. The molecule has 13 heavy (non-hydrogen) atoms. The van der Waals surface area contributed by atoms with Crippen LogP contribution in [0.2, 0.25) is 0 Å². The van der Waals surface area contributed by atoms with Crippen molar-refractivity contribution in [2.45, 2.75) is 0 Å². The van der Waals surface area contributed by atoms with Crippen molar-refractivity contribution in [3.05, 3.63) is 29.8 Å². The Morgan fingerprint density at radius 3 is 2.62 bits per heavy atom. The first kappa shape index (κ1) is 8.07. The number of benzene rings is 1. The Morgan fingerprint density at radius 1 is 1.31 bits per heavy atom. The van der Waals surface area contributed by atoms with Crippen molar-refractivity contribution < 1.29 is 9.94 Å². The zero-order valence-corrected chi connectivity index (χ0v) is 7.03. The number of nitrogens with zero attached hydrogens (tertiary/aromatic N) is 1. The van der Waals surface area contributed by atoms with Crippen molar-refractivity contribution in [1.29, 1.82) is 0 Å². The highest BCUT2D eigenvalue weighted by molar-refractivity contribution is 5.95. The molecule has 4 nitrogen and oxygen atoms in total. The molecular formula is C9H10N2O2. The highest BCUT2D eigenvalue weighted by atomic mass is 16.5. The Kier molecular flexibility index (Phi) is 2.14. The molecule has 2 rings (SSSR count). The lowest BCUT2D eigenvalue weighted by Crippen LogP contribution is -2.00. The second-order valence-electron chi connectivity index (χ2n) is 2.72. The standard InChI is InChI=1S/C9H10N2O2/c12-11-8-3-1-7(2-4-8)9-10-5-6-13-9/h1-4,11-12H,5-6H2. The van der Waals surface area contributed by atoms with Crippen LogP contribution in [0, 0.1) is 0 Å². The largest absolute Gasteiger partial charge is 0.476 e. The van der Waals surface area contributed by atoms with Crippen LogP contribution in [0.1, 0.15) is 5.56 Å². The second kappa shape index (κ2) is 3.45. The number of hydrogen-bond donors (Lipinski definition) is 2. The Bertz CT molecular complexity index is 319. The molecule has 0 fully saturated rings. The predicted octanol–water partition coefficient (Wildman–Crippen LogP) is 1.26. The minimum atomic E-state index is 0.655. The van der Waals surface area contributed by atoms with E-state index < -0.39 is 0 Å². The fraction of sp³-hybridized carbons (Fsp3) is 0.222. The summed E-state index contributed by atoms with van der Waals surface area (Å²) in [4.78, 5) is 4.17. The number of anilines is 1. The van der Waals surface area contributed by atoms with E-state index in [1.165, 1.54) is 0 Å². The molecule has 0 saturated carbocycles. The van der Waals surface area contributed by atoms with Crippen LogP contribution in [-0.4, -0.2) is 24.3 Å². The van der Waals surface area contributed by atoms with Gasteiger partial charge in [-0.2, -0.15) is 0 Å². The lowest BCUT2D eigenvalue weighted by atomic mass is 10.2. The first-order valence-corrected chi connectivity index (χ1v) is 4.08. The molecule has 0 aliphatic carbocycles. The third kappa shape index (κ3) is 1.62. The fourth-order valence-corrected chi connectivity index (χ4v) is 1.20. The maximum atomic E-state index is 8.58. The SMILES string of the molecule is ONc1ccc(C2=NCCO2)cc1. The highest BCUT2D eigenvalue weighted by Gasteiger charge is 2.09. The lowest BCUT2D eigenvalue weighted by Gasteiger charge is -2.02. The molecule has 0 saturated heterocycles. The Labute approximate surface area is 75.8 Å². The van der Waals surface area contributed by atoms with Gasteiger partial charge in [0, 0.05) is 5.56 Å². The number of nitrogens with one attached hydrogen (secondary N) is 1. The summed E-state index contributed by atoms with van der Waals surface area (Å²) < 4.78 is 5.28. The van der Waals surface area contributed by atoms with Gasteiger partial charge in [0.25, 0.3) is 0 Å². The number of ether oxygens (including phenoxy) is 1. The summed E-state index contributed by atoms with van der Waals surface area (Å²) in [6.07, 6.45) is 0. The van der Waals surface area contributed by atoms with Crippen molar-refractivity contribution in [2.75, 3.05) is 18.6 Å². The van der Waals surface area contributed by atoms with Gasteiger partial charge in [-0.1, -0.05) is 0 Å². The van der Waals surface area contributed by atoms with Gasteiger partial charge in [0.05, 0.1) is 12.2 Å². The molecule has 0 unspecified atom stereocenters. The Balaban J connectivity index is 2.22. The van der Waals surface area contributed by atoms with Gasteiger partial charge in [-0.05, 0) is 24.3 Å². The number of hydrogen-bond acceptors (Lipinski definition) is 4. The summed E-state index contributed by atoms with van der Waals surface area (Å²) in [5.41, 5.74) is 3.66. The first-order valence-electron chi connectivity index (χ1n) is 4.08. The van der Waals surface area contributed by atoms with Crippen LogP contribution < -0.4 is 5.48 Å². The van der Waals surface area contributed by atoms with Gasteiger partial charge in [-0.25, -0.2) is 4.99 Å².